The minimum absolute atomic E-state index is 0.731. The Bertz CT molecular complexity index is 211. The van der Waals surface area contributed by atoms with Crippen molar-refractivity contribution in [1.82, 2.24) is 0 Å². The van der Waals surface area contributed by atoms with E-state index in [0.29, 0.717) is 0 Å². The highest BCUT2D eigenvalue weighted by Gasteiger charge is 2.15. The standard InChI is InChI=1S/C9H11N/c1-2-4-9-7-10-6-5-8(9)3-1/h1-2,5-6,9H,3-4,7H2. The molecule has 2 aliphatic rings. The maximum Gasteiger partial charge on any atom is 0.0457 e. The van der Waals surface area contributed by atoms with Gasteiger partial charge < -0.3 is 0 Å². The van der Waals surface area contributed by atoms with Crippen LogP contribution in [0.2, 0.25) is 0 Å². The zero-order valence-corrected chi connectivity index (χ0v) is 5.96. The van der Waals surface area contributed by atoms with Crippen LogP contribution in [0.25, 0.3) is 0 Å². The van der Waals surface area contributed by atoms with E-state index in [1.807, 2.05) is 6.21 Å². The van der Waals surface area contributed by atoms with Crippen LogP contribution in [0.4, 0.5) is 0 Å². The number of aliphatic imine (C=N–C) groups is 1. The molecular formula is C9H11N. The zero-order valence-electron chi connectivity index (χ0n) is 5.96. The number of rotatable bonds is 0. The van der Waals surface area contributed by atoms with Gasteiger partial charge in [-0.2, -0.15) is 0 Å². The number of nitrogens with zero attached hydrogens (tertiary/aromatic N) is 1. The Kier molecular flexibility index (Phi) is 1.42. The molecule has 0 saturated carbocycles. The van der Waals surface area contributed by atoms with E-state index in [9.17, 15) is 0 Å². The zero-order chi connectivity index (χ0) is 6.81. The molecule has 0 radical (unpaired) electrons. The molecule has 0 spiro atoms. The van der Waals surface area contributed by atoms with Crippen molar-refractivity contribution in [2.45, 2.75) is 12.8 Å². The molecule has 52 valence electrons. The van der Waals surface area contributed by atoms with Crippen molar-refractivity contribution in [2.75, 3.05) is 6.54 Å². The summed E-state index contributed by atoms with van der Waals surface area (Å²) in [6.45, 7) is 1.01. The molecule has 1 atom stereocenters. The first kappa shape index (κ1) is 5.90. The average molecular weight is 133 g/mol. The van der Waals surface area contributed by atoms with Gasteiger partial charge in [0.05, 0.1) is 0 Å². The smallest absolute Gasteiger partial charge is 0.0457 e. The Balaban J connectivity index is 2.23. The maximum atomic E-state index is 4.23. The lowest BCUT2D eigenvalue weighted by Gasteiger charge is -2.21. The fourth-order valence-corrected chi connectivity index (χ4v) is 1.53. The predicted molar refractivity (Wildman–Crippen MR) is 43.3 cm³/mol. The Hall–Kier alpha value is -0.850. The molecule has 0 saturated heterocycles. The van der Waals surface area contributed by atoms with Gasteiger partial charge in [0.2, 0.25) is 0 Å². The van der Waals surface area contributed by atoms with Crippen LogP contribution < -0.4 is 0 Å². The molecule has 1 unspecified atom stereocenters. The number of hydrogen-bond donors (Lipinski definition) is 0. The molecule has 1 aliphatic heterocycles. The van der Waals surface area contributed by atoms with E-state index in [2.05, 4.69) is 23.2 Å². The minimum atomic E-state index is 0.731. The summed E-state index contributed by atoms with van der Waals surface area (Å²) in [5.41, 5.74) is 1.57. The Morgan fingerprint density at radius 2 is 2.40 bits per heavy atom. The van der Waals surface area contributed by atoms with Crippen molar-refractivity contribution < 1.29 is 0 Å². The van der Waals surface area contributed by atoms with Gasteiger partial charge in [0.15, 0.2) is 0 Å². The van der Waals surface area contributed by atoms with Gasteiger partial charge in [0.25, 0.3) is 0 Å². The second kappa shape index (κ2) is 2.41. The summed E-state index contributed by atoms with van der Waals surface area (Å²) >= 11 is 0. The largest absolute Gasteiger partial charge is 0.293 e. The van der Waals surface area contributed by atoms with E-state index in [1.54, 1.807) is 5.57 Å². The van der Waals surface area contributed by atoms with E-state index in [1.165, 1.54) is 6.42 Å². The molecule has 2 rings (SSSR count). The third-order valence-corrected chi connectivity index (χ3v) is 2.19. The molecule has 0 aromatic heterocycles. The molecule has 0 aromatic rings. The molecule has 10 heavy (non-hydrogen) atoms. The van der Waals surface area contributed by atoms with Gasteiger partial charge in [0.1, 0.15) is 0 Å². The lowest BCUT2D eigenvalue weighted by atomic mass is 9.87. The summed E-state index contributed by atoms with van der Waals surface area (Å²) in [7, 11) is 0. The maximum absolute atomic E-state index is 4.23. The van der Waals surface area contributed by atoms with Gasteiger partial charge >= 0.3 is 0 Å². The summed E-state index contributed by atoms with van der Waals surface area (Å²) < 4.78 is 0. The number of hydrogen-bond acceptors (Lipinski definition) is 1. The van der Waals surface area contributed by atoms with Crippen LogP contribution in [0.15, 0.2) is 28.8 Å². The molecule has 0 amide bonds. The first-order valence-electron chi connectivity index (χ1n) is 3.80. The molecular weight excluding hydrogens is 122 g/mol. The van der Waals surface area contributed by atoms with Crippen molar-refractivity contribution >= 4 is 6.21 Å². The van der Waals surface area contributed by atoms with Crippen molar-refractivity contribution in [3.05, 3.63) is 23.8 Å². The molecule has 1 heterocycles. The fraction of sp³-hybridized carbons (Fsp3) is 0.444. The van der Waals surface area contributed by atoms with Crippen LogP contribution in [-0.2, 0) is 0 Å². The molecule has 0 aromatic carbocycles. The van der Waals surface area contributed by atoms with Gasteiger partial charge in [-0.1, -0.05) is 17.7 Å². The van der Waals surface area contributed by atoms with Crippen molar-refractivity contribution in [2.24, 2.45) is 10.9 Å². The second-order valence-electron chi connectivity index (χ2n) is 2.86. The Labute approximate surface area is 61.2 Å². The Morgan fingerprint density at radius 3 is 3.30 bits per heavy atom. The molecule has 0 fully saturated rings. The van der Waals surface area contributed by atoms with E-state index in [-0.39, 0.29) is 0 Å². The highest BCUT2D eigenvalue weighted by molar-refractivity contribution is 5.73. The van der Waals surface area contributed by atoms with E-state index < -0.39 is 0 Å². The average Bonchev–Trinajstić information content (AvgIpc) is 2.05. The second-order valence-corrected chi connectivity index (χ2v) is 2.86. The van der Waals surface area contributed by atoms with Crippen molar-refractivity contribution in [3.63, 3.8) is 0 Å². The Morgan fingerprint density at radius 1 is 1.40 bits per heavy atom. The molecule has 0 N–H and O–H groups in total. The van der Waals surface area contributed by atoms with Crippen LogP contribution in [-0.4, -0.2) is 12.8 Å². The monoisotopic (exact) mass is 133 g/mol. The normalized spacial score (nSPS) is 29.6. The first-order chi connectivity index (χ1) is 4.97. The topological polar surface area (TPSA) is 12.4 Å². The van der Waals surface area contributed by atoms with Gasteiger partial charge in [-0.3, -0.25) is 4.99 Å². The van der Waals surface area contributed by atoms with Crippen molar-refractivity contribution in [1.29, 1.82) is 0 Å². The number of allylic oxidation sites excluding steroid dienone is 3. The third kappa shape index (κ3) is 0.919. The van der Waals surface area contributed by atoms with E-state index in [4.69, 9.17) is 0 Å². The highest BCUT2D eigenvalue weighted by Crippen LogP contribution is 2.25. The summed E-state index contributed by atoms with van der Waals surface area (Å²) in [5.74, 6) is 0.731. The van der Waals surface area contributed by atoms with Gasteiger partial charge in [-0.15, -0.1) is 0 Å². The summed E-state index contributed by atoms with van der Waals surface area (Å²) in [5, 5.41) is 0. The van der Waals surface area contributed by atoms with Crippen LogP contribution in [0, 0.1) is 5.92 Å². The molecule has 1 nitrogen and oxygen atoms in total. The SMILES string of the molecule is C1=CCC2CN=CC=C2C1. The van der Waals surface area contributed by atoms with Gasteiger partial charge in [-0.05, 0) is 18.9 Å². The van der Waals surface area contributed by atoms with Gasteiger partial charge in [-0.25, -0.2) is 0 Å². The summed E-state index contributed by atoms with van der Waals surface area (Å²) in [4.78, 5) is 4.23. The predicted octanol–water partition coefficient (Wildman–Crippen LogP) is 1.96. The lowest BCUT2D eigenvalue weighted by Crippen LogP contribution is -2.13. The van der Waals surface area contributed by atoms with Crippen molar-refractivity contribution in [3.8, 4) is 0 Å². The molecule has 1 heteroatoms. The third-order valence-electron chi connectivity index (χ3n) is 2.19. The van der Waals surface area contributed by atoms with E-state index in [0.717, 1.165) is 18.9 Å². The minimum Gasteiger partial charge on any atom is -0.293 e. The molecule has 1 aliphatic carbocycles. The number of dihydropyridines is 1. The van der Waals surface area contributed by atoms with Crippen LogP contribution in [0.1, 0.15) is 12.8 Å². The van der Waals surface area contributed by atoms with Crippen LogP contribution >= 0.6 is 0 Å². The first-order valence-corrected chi connectivity index (χ1v) is 3.80. The fourth-order valence-electron chi connectivity index (χ4n) is 1.53. The quantitative estimate of drug-likeness (QED) is 0.448. The van der Waals surface area contributed by atoms with Gasteiger partial charge in [0, 0.05) is 18.7 Å². The summed E-state index contributed by atoms with van der Waals surface area (Å²) in [6.07, 6.45) is 11.0. The lowest BCUT2D eigenvalue weighted by molar-refractivity contribution is 0.604. The van der Waals surface area contributed by atoms with Crippen LogP contribution in [0.3, 0.4) is 0 Å². The van der Waals surface area contributed by atoms with Crippen LogP contribution in [0.5, 0.6) is 0 Å². The highest BCUT2D eigenvalue weighted by atomic mass is 14.7. The molecule has 0 bridgehead atoms. The van der Waals surface area contributed by atoms with E-state index >= 15 is 0 Å². The summed E-state index contributed by atoms with van der Waals surface area (Å²) in [6, 6.07) is 0. The number of fused-ring (bicyclic) bond motifs is 1.